The Morgan fingerprint density at radius 3 is 2.83 bits per heavy atom. The number of carbonyl (C=O) groups is 1. The lowest BCUT2D eigenvalue weighted by atomic mass is 9.93. The van der Waals surface area contributed by atoms with E-state index in [-0.39, 0.29) is 5.92 Å². The lowest BCUT2D eigenvalue weighted by molar-refractivity contribution is -0.144. The number of likely N-dealkylation sites (tertiary alicyclic amines) is 1. The first kappa shape index (κ1) is 15.7. The van der Waals surface area contributed by atoms with Crippen LogP contribution in [0.25, 0.3) is 0 Å². The molecule has 0 amide bonds. The summed E-state index contributed by atoms with van der Waals surface area (Å²) in [4.78, 5) is 18.2. The Bertz CT molecular complexity index is 698. The van der Waals surface area contributed by atoms with Crippen LogP contribution >= 0.6 is 0 Å². The van der Waals surface area contributed by atoms with Crippen LogP contribution in [0.2, 0.25) is 0 Å². The Balaban J connectivity index is 1.85. The van der Waals surface area contributed by atoms with Crippen LogP contribution in [0.15, 0.2) is 28.8 Å². The van der Waals surface area contributed by atoms with E-state index < -0.39 is 12.0 Å². The molecule has 6 nitrogen and oxygen atoms in total. The largest absolute Gasteiger partial charge is 0.480 e. The average Bonchev–Trinajstić information content (AvgIpc) is 2.96. The van der Waals surface area contributed by atoms with Gasteiger partial charge in [0.05, 0.1) is 5.92 Å². The highest BCUT2D eigenvalue weighted by atomic mass is 16.5. The van der Waals surface area contributed by atoms with Crippen LogP contribution in [0.5, 0.6) is 0 Å². The van der Waals surface area contributed by atoms with Gasteiger partial charge in [0, 0.05) is 6.54 Å². The van der Waals surface area contributed by atoms with Crippen LogP contribution in [0.3, 0.4) is 0 Å². The first-order chi connectivity index (χ1) is 11.1. The summed E-state index contributed by atoms with van der Waals surface area (Å²) in [6, 6.07) is 7.03. The fourth-order valence-electron chi connectivity index (χ4n) is 3.30. The van der Waals surface area contributed by atoms with Crippen LogP contribution in [0, 0.1) is 13.8 Å². The molecule has 0 spiro atoms. The maximum Gasteiger partial charge on any atom is 0.325 e. The molecule has 2 heterocycles. The molecule has 1 saturated heterocycles. The molecule has 3 rings (SSSR count). The van der Waals surface area contributed by atoms with Gasteiger partial charge >= 0.3 is 5.97 Å². The Labute approximate surface area is 135 Å². The van der Waals surface area contributed by atoms with Gasteiger partial charge in [0.2, 0.25) is 5.89 Å². The molecule has 1 aromatic carbocycles. The first-order valence-corrected chi connectivity index (χ1v) is 7.89. The van der Waals surface area contributed by atoms with Gasteiger partial charge < -0.3 is 9.63 Å². The summed E-state index contributed by atoms with van der Waals surface area (Å²) in [5, 5.41) is 13.6. The number of aliphatic carboxylic acids is 1. The maximum atomic E-state index is 11.9. The van der Waals surface area contributed by atoms with Crippen molar-refractivity contribution in [1.82, 2.24) is 15.0 Å². The number of piperidine rings is 1. The van der Waals surface area contributed by atoms with E-state index in [0.29, 0.717) is 18.3 Å². The highest BCUT2D eigenvalue weighted by Crippen LogP contribution is 2.32. The minimum absolute atomic E-state index is 0.0934. The van der Waals surface area contributed by atoms with E-state index >= 15 is 0 Å². The molecule has 1 aliphatic rings. The summed E-state index contributed by atoms with van der Waals surface area (Å²) in [5.74, 6) is 0.504. The van der Waals surface area contributed by atoms with E-state index in [1.165, 1.54) is 0 Å². The third-order valence-electron chi connectivity index (χ3n) is 4.43. The lowest BCUT2D eigenvalue weighted by Gasteiger charge is -2.35. The van der Waals surface area contributed by atoms with Crippen LogP contribution in [-0.2, 0) is 4.79 Å². The van der Waals surface area contributed by atoms with E-state index in [9.17, 15) is 9.90 Å². The molecule has 6 heteroatoms. The number of carboxylic acid groups (broad SMARTS) is 1. The van der Waals surface area contributed by atoms with Gasteiger partial charge in [0.15, 0.2) is 5.82 Å². The summed E-state index contributed by atoms with van der Waals surface area (Å²) in [5.41, 5.74) is 1.85. The summed E-state index contributed by atoms with van der Waals surface area (Å²) >= 11 is 0. The maximum absolute atomic E-state index is 11.9. The molecule has 0 radical (unpaired) electrons. The normalized spacial score (nSPS) is 20.3. The Morgan fingerprint density at radius 1 is 1.39 bits per heavy atom. The van der Waals surface area contributed by atoms with Gasteiger partial charge in [-0.05, 0) is 44.4 Å². The molecule has 0 aliphatic carbocycles. The van der Waals surface area contributed by atoms with Crippen LogP contribution in [0.4, 0.5) is 0 Å². The molecule has 122 valence electrons. The highest BCUT2D eigenvalue weighted by molar-refractivity contribution is 5.76. The van der Waals surface area contributed by atoms with Crippen molar-refractivity contribution in [2.75, 3.05) is 13.1 Å². The van der Waals surface area contributed by atoms with Crippen LogP contribution in [0.1, 0.15) is 47.6 Å². The summed E-state index contributed by atoms with van der Waals surface area (Å²) in [6.07, 6.45) is 1.86. The van der Waals surface area contributed by atoms with Crippen molar-refractivity contribution in [1.29, 1.82) is 0 Å². The molecule has 1 aromatic heterocycles. The van der Waals surface area contributed by atoms with E-state index in [0.717, 1.165) is 30.5 Å². The molecule has 0 saturated carbocycles. The third-order valence-corrected chi connectivity index (χ3v) is 4.43. The molecule has 2 unspecified atom stereocenters. The van der Waals surface area contributed by atoms with E-state index in [2.05, 4.69) is 10.1 Å². The molecule has 1 aliphatic heterocycles. The molecular formula is C17H21N3O3. The molecular weight excluding hydrogens is 294 g/mol. The number of benzene rings is 1. The van der Waals surface area contributed by atoms with Crippen molar-refractivity contribution in [2.24, 2.45) is 0 Å². The van der Waals surface area contributed by atoms with Gasteiger partial charge in [0.25, 0.3) is 0 Å². The minimum Gasteiger partial charge on any atom is -0.480 e. The SMILES string of the molecule is Cc1noc(C2CCCN(C(C(=O)O)c3ccccc3C)C2)n1. The predicted octanol–water partition coefficient (Wildman–Crippen LogP) is 2.69. The summed E-state index contributed by atoms with van der Waals surface area (Å²) in [7, 11) is 0. The summed E-state index contributed by atoms with van der Waals surface area (Å²) < 4.78 is 5.29. The Kier molecular flexibility index (Phi) is 4.43. The monoisotopic (exact) mass is 315 g/mol. The van der Waals surface area contributed by atoms with Crippen LogP contribution < -0.4 is 0 Å². The van der Waals surface area contributed by atoms with Gasteiger partial charge in [-0.3, -0.25) is 9.69 Å². The number of hydrogen-bond acceptors (Lipinski definition) is 5. The highest BCUT2D eigenvalue weighted by Gasteiger charge is 2.34. The minimum atomic E-state index is -0.818. The van der Waals surface area contributed by atoms with Crippen molar-refractivity contribution >= 4 is 5.97 Å². The molecule has 23 heavy (non-hydrogen) atoms. The molecule has 1 fully saturated rings. The second-order valence-corrected chi connectivity index (χ2v) is 6.11. The van der Waals surface area contributed by atoms with Gasteiger partial charge in [-0.25, -0.2) is 0 Å². The third kappa shape index (κ3) is 3.27. The second-order valence-electron chi connectivity index (χ2n) is 6.11. The Hall–Kier alpha value is -2.21. The van der Waals surface area contributed by atoms with Crippen molar-refractivity contribution in [3.63, 3.8) is 0 Å². The van der Waals surface area contributed by atoms with Gasteiger partial charge in [-0.1, -0.05) is 29.4 Å². The topological polar surface area (TPSA) is 79.5 Å². The van der Waals surface area contributed by atoms with Crippen molar-refractivity contribution < 1.29 is 14.4 Å². The van der Waals surface area contributed by atoms with E-state index in [1.54, 1.807) is 6.92 Å². The van der Waals surface area contributed by atoms with Crippen molar-refractivity contribution in [3.05, 3.63) is 47.1 Å². The quantitative estimate of drug-likeness (QED) is 0.934. The van der Waals surface area contributed by atoms with Crippen LogP contribution in [-0.4, -0.2) is 39.2 Å². The molecule has 1 N–H and O–H groups in total. The Morgan fingerprint density at radius 2 is 2.17 bits per heavy atom. The predicted molar refractivity (Wildman–Crippen MR) is 84.1 cm³/mol. The van der Waals surface area contributed by atoms with E-state index in [4.69, 9.17) is 4.52 Å². The fraction of sp³-hybridized carbons (Fsp3) is 0.471. The molecule has 0 bridgehead atoms. The number of carboxylic acids is 1. The fourth-order valence-corrected chi connectivity index (χ4v) is 3.30. The number of hydrogen-bond donors (Lipinski definition) is 1. The first-order valence-electron chi connectivity index (χ1n) is 7.89. The van der Waals surface area contributed by atoms with Gasteiger partial charge in [-0.15, -0.1) is 0 Å². The molecule has 2 aromatic rings. The molecule has 2 atom stereocenters. The van der Waals surface area contributed by atoms with Gasteiger partial charge in [-0.2, -0.15) is 4.98 Å². The summed E-state index contributed by atoms with van der Waals surface area (Å²) in [6.45, 7) is 5.12. The lowest BCUT2D eigenvalue weighted by Crippen LogP contribution is -2.41. The standard InChI is InChI=1S/C17H21N3O3/c1-11-6-3-4-8-14(11)15(17(21)22)20-9-5-7-13(10-20)16-18-12(2)19-23-16/h3-4,6,8,13,15H,5,7,9-10H2,1-2H3,(H,21,22). The average molecular weight is 315 g/mol. The number of rotatable bonds is 4. The zero-order valence-electron chi connectivity index (χ0n) is 13.4. The zero-order chi connectivity index (χ0) is 16.4. The number of aryl methyl sites for hydroxylation is 2. The zero-order valence-corrected chi connectivity index (χ0v) is 13.4. The smallest absolute Gasteiger partial charge is 0.325 e. The van der Waals surface area contributed by atoms with Crippen molar-refractivity contribution in [2.45, 2.75) is 38.6 Å². The van der Waals surface area contributed by atoms with E-state index in [1.807, 2.05) is 36.1 Å². The second kappa shape index (κ2) is 6.50. The van der Waals surface area contributed by atoms with Crippen molar-refractivity contribution in [3.8, 4) is 0 Å². The number of aromatic nitrogens is 2. The van der Waals surface area contributed by atoms with Gasteiger partial charge in [0.1, 0.15) is 6.04 Å². The number of nitrogens with zero attached hydrogens (tertiary/aromatic N) is 3.